The standard InChI is InChI=1S/C25H24ClN3O4S/c26-20-7-9-21(10-8-20)33-16-17-3-5-18(6-4-17)23(30)27-28-24(31)19-11-13-29(14-12-19)25(32)22-2-1-15-34-22/h1-10,15,19H,11-14,16H2,(H,27,30)(H,28,31). The van der Waals surface area contributed by atoms with Crippen molar-refractivity contribution in [2.24, 2.45) is 5.92 Å². The van der Waals surface area contributed by atoms with Crippen LogP contribution in [-0.2, 0) is 11.4 Å². The molecule has 1 aliphatic rings. The third kappa shape index (κ3) is 6.15. The lowest BCUT2D eigenvalue weighted by atomic mass is 9.96. The SMILES string of the molecule is O=C(NNC(=O)C1CCN(C(=O)c2cccs2)CC1)c1ccc(COc2ccc(Cl)cc2)cc1. The Hall–Kier alpha value is -3.36. The molecule has 1 saturated heterocycles. The number of hydrogen-bond donors (Lipinski definition) is 2. The van der Waals surface area contributed by atoms with Gasteiger partial charge in [0.25, 0.3) is 11.8 Å². The van der Waals surface area contributed by atoms with E-state index in [2.05, 4.69) is 10.9 Å². The Morgan fingerprint density at radius 2 is 1.68 bits per heavy atom. The Kier molecular flexibility index (Phi) is 7.82. The van der Waals surface area contributed by atoms with Crippen molar-refractivity contribution in [3.8, 4) is 5.75 Å². The zero-order valence-electron chi connectivity index (χ0n) is 18.3. The van der Waals surface area contributed by atoms with Crippen molar-refractivity contribution in [2.75, 3.05) is 13.1 Å². The monoisotopic (exact) mass is 497 g/mol. The second-order valence-corrected chi connectivity index (χ2v) is 9.31. The molecule has 176 valence electrons. The highest BCUT2D eigenvalue weighted by Crippen LogP contribution is 2.21. The molecule has 0 aliphatic carbocycles. The summed E-state index contributed by atoms with van der Waals surface area (Å²) < 4.78 is 5.70. The van der Waals surface area contributed by atoms with Gasteiger partial charge in [0.05, 0.1) is 4.88 Å². The molecule has 0 spiro atoms. The Morgan fingerprint density at radius 3 is 2.32 bits per heavy atom. The molecule has 34 heavy (non-hydrogen) atoms. The van der Waals surface area contributed by atoms with Crippen LogP contribution in [0.5, 0.6) is 5.75 Å². The van der Waals surface area contributed by atoms with Crippen LogP contribution in [0.3, 0.4) is 0 Å². The van der Waals surface area contributed by atoms with Gasteiger partial charge in [-0.3, -0.25) is 25.2 Å². The van der Waals surface area contributed by atoms with Gasteiger partial charge in [0.2, 0.25) is 5.91 Å². The number of benzene rings is 2. The number of piperidine rings is 1. The molecule has 1 aromatic heterocycles. The zero-order valence-corrected chi connectivity index (χ0v) is 19.9. The lowest BCUT2D eigenvalue weighted by Gasteiger charge is -2.31. The molecule has 4 rings (SSSR count). The molecule has 1 fully saturated rings. The molecule has 0 saturated carbocycles. The molecule has 2 aromatic carbocycles. The highest BCUT2D eigenvalue weighted by atomic mass is 35.5. The molecular weight excluding hydrogens is 474 g/mol. The maximum absolute atomic E-state index is 12.5. The normalized spacial score (nSPS) is 13.9. The summed E-state index contributed by atoms with van der Waals surface area (Å²) in [7, 11) is 0. The van der Waals surface area contributed by atoms with Crippen LogP contribution in [0, 0.1) is 5.92 Å². The quantitative estimate of drug-likeness (QED) is 0.497. The first-order valence-corrected chi connectivity index (χ1v) is 12.2. The van der Waals surface area contributed by atoms with Crippen LogP contribution in [0.25, 0.3) is 0 Å². The first-order chi connectivity index (χ1) is 16.5. The molecule has 0 radical (unpaired) electrons. The number of hydrogen-bond acceptors (Lipinski definition) is 5. The number of amides is 3. The van der Waals surface area contributed by atoms with Crippen molar-refractivity contribution in [3.05, 3.63) is 87.1 Å². The van der Waals surface area contributed by atoms with Gasteiger partial charge in [-0.2, -0.15) is 0 Å². The molecule has 2 heterocycles. The number of nitrogens with one attached hydrogen (secondary N) is 2. The van der Waals surface area contributed by atoms with Crippen LogP contribution < -0.4 is 15.6 Å². The first kappa shape index (κ1) is 23.8. The summed E-state index contributed by atoms with van der Waals surface area (Å²) in [6.07, 6.45) is 1.11. The van der Waals surface area contributed by atoms with Crippen molar-refractivity contribution in [3.63, 3.8) is 0 Å². The number of nitrogens with zero attached hydrogens (tertiary/aromatic N) is 1. The van der Waals surface area contributed by atoms with Crippen LogP contribution in [0.2, 0.25) is 5.02 Å². The van der Waals surface area contributed by atoms with Gasteiger partial charge < -0.3 is 9.64 Å². The lowest BCUT2D eigenvalue weighted by Crippen LogP contribution is -2.48. The molecule has 7 nitrogen and oxygen atoms in total. The van der Waals surface area contributed by atoms with E-state index in [1.807, 2.05) is 11.4 Å². The number of ether oxygens (including phenoxy) is 1. The lowest BCUT2D eigenvalue weighted by molar-refractivity contribution is -0.127. The molecular formula is C25H24ClN3O4S. The van der Waals surface area contributed by atoms with E-state index in [0.717, 1.165) is 5.56 Å². The number of likely N-dealkylation sites (tertiary alicyclic amines) is 1. The molecule has 1 aliphatic heterocycles. The summed E-state index contributed by atoms with van der Waals surface area (Å²) in [5.74, 6) is -0.187. The minimum atomic E-state index is -0.399. The van der Waals surface area contributed by atoms with Gasteiger partial charge in [-0.05, 0) is 66.2 Å². The molecule has 3 amide bonds. The molecule has 2 N–H and O–H groups in total. The largest absolute Gasteiger partial charge is 0.489 e. The summed E-state index contributed by atoms with van der Waals surface area (Å²) in [5, 5.41) is 2.52. The minimum Gasteiger partial charge on any atom is -0.489 e. The smallest absolute Gasteiger partial charge is 0.269 e. The predicted octanol–water partition coefficient (Wildman–Crippen LogP) is 4.29. The Balaban J connectivity index is 1.20. The molecule has 0 atom stereocenters. The van der Waals surface area contributed by atoms with Gasteiger partial charge in [-0.15, -0.1) is 11.3 Å². The van der Waals surface area contributed by atoms with Crippen LogP contribution >= 0.6 is 22.9 Å². The van der Waals surface area contributed by atoms with Crippen molar-refractivity contribution >= 4 is 40.7 Å². The highest BCUT2D eigenvalue weighted by molar-refractivity contribution is 7.12. The Morgan fingerprint density at radius 1 is 0.971 bits per heavy atom. The van der Waals surface area contributed by atoms with E-state index in [-0.39, 0.29) is 17.7 Å². The van der Waals surface area contributed by atoms with E-state index in [1.54, 1.807) is 59.5 Å². The van der Waals surface area contributed by atoms with Gasteiger partial charge in [0.1, 0.15) is 12.4 Å². The van der Waals surface area contributed by atoms with Gasteiger partial charge in [0.15, 0.2) is 0 Å². The van der Waals surface area contributed by atoms with Crippen molar-refractivity contribution in [2.45, 2.75) is 19.4 Å². The topological polar surface area (TPSA) is 87.7 Å². The van der Waals surface area contributed by atoms with E-state index >= 15 is 0 Å². The number of halogens is 1. The second kappa shape index (κ2) is 11.2. The predicted molar refractivity (Wildman–Crippen MR) is 131 cm³/mol. The average Bonchev–Trinajstić information content (AvgIpc) is 3.42. The Bertz CT molecular complexity index is 1130. The van der Waals surface area contributed by atoms with Gasteiger partial charge in [-0.1, -0.05) is 29.8 Å². The summed E-state index contributed by atoms with van der Waals surface area (Å²) in [6, 6.07) is 17.7. The van der Waals surface area contributed by atoms with Gasteiger partial charge in [-0.25, -0.2) is 0 Å². The van der Waals surface area contributed by atoms with E-state index in [4.69, 9.17) is 16.3 Å². The molecule has 9 heteroatoms. The van der Waals surface area contributed by atoms with E-state index in [1.165, 1.54) is 11.3 Å². The number of carbonyl (C=O) groups is 3. The maximum Gasteiger partial charge on any atom is 0.269 e. The number of carbonyl (C=O) groups excluding carboxylic acids is 3. The molecule has 0 unspecified atom stereocenters. The summed E-state index contributed by atoms with van der Waals surface area (Å²) >= 11 is 7.28. The van der Waals surface area contributed by atoms with E-state index < -0.39 is 5.91 Å². The zero-order chi connectivity index (χ0) is 23.9. The number of hydrazine groups is 1. The fourth-order valence-electron chi connectivity index (χ4n) is 3.64. The van der Waals surface area contributed by atoms with Crippen LogP contribution in [-0.4, -0.2) is 35.7 Å². The second-order valence-electron chi connectivity index (χ2n) is 7.93. The highest BCUT2D eigenvalue weighted by Gasteiger charge is 2.28. The van der Waals surface area contributed by atoms with Crippen molar-refractivity contribution < 1.29 is 19.1 Å². The number of thiophene rings is 1. The van der Waals surface area contributed by atoms with Crippen LogP contribution in [0.15, 0.2) is 66.0 Å². The van der Waals surface area contributed by atoms with Gasteiger partial charge >= 0.3 is 0 Å². The van der Waals surface area contributed by atoms with Gasteiger partial charge in [0, 0.05) is 29.6 Å². The average molecular weight is 498 g/mol. The fourth-order valence-corrected chi connectivity index (χ4v) is 4.46. The van der Waals surface area contributed by atoms with Crippen LogP contribution in [0.1, 0.15) is 38.4 Å². The number of rotatable bonds is 6. The summed E-state index contributed by atoms with van der Waals surface area (Å²) in [5.41, 5.74) is 6.31. The summed E-state index contributed by atoms with van der Waals surface area (Å²) in [4.78, 5) is 39.8. The summed E-state index contributed by atoms with van der Waals surface area (Å²) in [6.45, 7) is 1.39. The van der Waals surface area contributed by atoms with Crippen molar-refractivity contribution in [1.29, 1.82) is 0 Å². The van der Waals surface area contributed by atoms with Crippen LogP contribution in [0.4, 0.5) is 0 Å². The molecule has 0 bridgehead atoms. The van der Waals surface area contributed by atoms with Crippen molar-refractivity contribution in [1.82, 2.24) is 15.8 Å². The fraction of sp³-hybridized carbons (Fsp3) is 0.240. The maximum atomic E-state index is 12.5. The van der Waals surface area contributed by atoms with E-state index in [9.17, 15) is 14.4 Å². The third-order valence-corrected chi connectivity index (χ3v) is 6.73. The minimum absolute atomic E-state index is 0.00386. The molecule has 3 aromatic rings. The van der Waals surface area contributed by atoms with E-state index in [0.29, 0.717) is 53.8 Å². The third-order valence-electron chi connectivity index (χ3n) is 5.62. The first-order valence-electron chi connectivity index (χ1n) is 10.9. The Labute approximate surface area is 206 Å².